The van der Waals surface area contributed by atoms with Gasteiger partial charge in [0.05, 0.1) is 5.69 Å². The minimum Gasteiger partial charge on any atom is -0.396 e. The molecule has 0 aromatic carbocycles. The highest BCUT2D eigenvalue weighted by Gasteiger charge is 2.05. The standard InChI is InChI=1S/C9H14N2O/c1-7-2-4-11-9(6-7)8(10)3-5-12/h2,4,6,8,12H,3,5,10H2,1H3. The SMILES string of the molecule is Cc1ccnc(C(N)CCO)c1. The predicted octanol–water partition coefficient (Wildman–Crippen LogP) is 0.772. The maximum absolute atomic E-state index is 8.66. The molecular weight excluding hydrogens is 152 g/mol. The lowest BCUT2D eigenvalue weighted by Crippen LogP contribution is -2.13. The van der Waals surface area contributed by atoms with Crippen LogP contribution in [-0.4, -0.2) is 16.7 Å². The summed E-state index contributed by atoms with van der Waals surface area (Å²) < 4.78 is 0. The molecule has 0 aliphatic rings. The first-order chi connectivity index (χ1) is 5.74. The Balaban J connectivity index is 2.73. The zero-order valence-corrected chi connectivity index (χ0v) is 7.20. The van der Waals surface area contributed by atoms with Crippen LogP contribution in [0.25, 0.3) is 0 Å². The molecule has 0 amide bonds. The number of aromatic nitrogens is 1. The molecule has 0 spiro atoms. The number of rotatable bonds is 3. The van der Waals surface area contributed by atoms with E-state index in [1.807, 2.05) is 19.1 Å². The molecule has 3 nitrogen and oxygen atoms in total. The minimum atomic E-state index is -0.144. The van der Waals surface area contributed by atoms with E-state index < -0.39 is 0 Å². The molecule has 0 fully saturated rings. The van der Waals surface area contributed by atoms with Gasteiger partial charge in [0.1, 0.15) is 0 Å². The zero-order valence-electron chi connectivity index (χ0n) is 7.20. The molecular formula is C9H14N2O. The van der Waals surface area contributed by atoms with E-state index in [0.717, 1.165) is 11.3 Å². The number of nitrogens with two attached hydrogens (primary N) is 1. The van der Waals surface area contributed by atoms with Crippen LogP contribution in [0.3, 0.4) is 0 Å². The molecule has 1 rings (SSSR count). The topological polar surface area (TPSA) is 59.1 Å². The summed E-state index contributed by atoms with van der Waals surface area (Å²) in [6.07, 6.45) is 2.30. The van der Waals surface area contributed by atoms with Gasteiger partial charge < -0.3 is 10.8 Å². The van der Waals surface area contributed by atoms with Crippen molar-refractivity contribution in [2.45, 2.75) is 19.4 Å². The van der Waals surface area contributed by atoms with Gasteiger partial charge in [-0.2, -0.15) is 0 Å². The molecule has 66 valence electrons. The average molecular weight is 166 g/mol. The van der Waals surface area contributed by atoms with Crippen LogP contribution in [0.5, 0.6) is 0 Å². The van der Waals surface area contributed by atoms with E-state index in [4.69, 9.17) is 10.8 Å². The molecule has 3 N–H and O–H groups in total. The first-order valence-corrected chi connectivity index (χ1v) is 4.03. The molecule has 12 heavy (non-hydrogen) atoms. The second-order valence-corrected chi connectivity index (χ2v) is 2.88. The third-order valence-corrected chi connectivity index (χ3v) is 1.76. The summed E-state index contributed by atoms with van der Waals surface area (Å²) in [5.41, 5.74) is 7.75. The first kappa shape index (κ1) is 9.16. The number of aliphatic hydroxyl groups is 1. The van der Waals surface area contributed by atoms with Crippen LogP contribution >= 0.6 is 0 Å². The van der Waals surface area contributed by atoms with E-state index in [9.17, 15) is 0 Å². The lowest BCUT2D eigenvalue weighted by Gasteiger charge is -2.08. The molecule has 1 unspecified atom stereocenters. The van der Waals surface area contributed by atoms with Crippen molar-refractivity contribution in [2.75, 3.05) is 6.61 Å². The quantitative estimate of drug-likeness (QED) is 0.697. The fourth-order valence-corrected chi connectivity index (χ4v) is 1.05. The normalized spacial score (nSPS) is 12.9. The predicted molar refractivity (Wildman–Crippen MR) is 47.6 cm³/mol. The highest BCUT2D eigenvalue weighted by molar-refractivity contribution is 5.16. The summed E-state index contributed by atoms with van der Waals surface area (Å²) in [7, 11) is 0. The van der Waals surface area contributed by atoms with Gasteiger partial charge in [-0.05, 0) is 31.0 Å². The van der Waals surface area contributed by atoms with Gasteiger partial charge in [0.25, 0.3) is 0 Å². The number of aliphatic hydroxyl groups excluding tert-OH is 1. The first-order valence-electron chi connectivity index (χ1n) is 4.03. The number of hydrogen-bond acceptors (Lipinski definition) is 3. The largest absolute Gasteiger partial charge is 0.396 e. The molecule has 0 aliphatic carbocycles. The van der Waals surface area contributed by atoms with Crippen molar-refractivity contribution >= 4 is 0 Å². The lowest BCUT2D eigenvalue weighted by molar-refractivity contribution is 0.275. The van der Waals surface area contributed by atoms with Crippen molar-refractivity contribution in [2.24, 2.45) is 5.73 Å². The number of hydrogen-bond donors (Lipinski definition) is 2. The fourth-order valence-electron chi connectivity index (χ4n) is 1.05. The van der Waals surface area contributed by atoms with E-state index >= 15 is 0 Å². The third kappa shape index (κ3) is 2.29. The Bertz CT molecular complexity index is 250. The van der Waals surface area contributed by atoms with Crippen LogP contribution in [0.15, 0.2) is 18.3 Å². The van der Waals surface area contributed by atoms with Crippen LogP contribution < -0.4 is 5.73 Å². The summed E-state index contributed by atoms with van der Waals surface area (Å²) in [6.45, 7) is 2.10. The van der Waals surface area contributed by atoms with E-state index in [2.05, 4.69) is 4.98 Å². The van der Waals surface area contributed by atoms with Crippen LogP contribution in [0, 0.1) is 6.92 Å². The second-order valence-electron chi connectivity index (χ2n) is 2.88. The maximum atomic E-state index is 8.66. The summed E-state index contributed by atoms with van der Waals surface area (Å²) in [5, 5.41) is 8.66. The van der Waals surface area contributed by atoms with Gasteiger partial charge in [0.15, 0.2) is 0 Å². The van der Waals surface area contributed by atoms with Gasteiger partial charge in [-0.15, -0.1) is 0 Å². The van der Waals surface area contributed by atoms with Crippen molar-refractivity contribution in [3.8, 4) is 0 Å². The fraction of sp³-hybridized carbons (Fsp3) is 0.444. The number of nitrogens with zero attached hydrogens (tertiary/aromatic N) is 1. The molecule has 1 aromatic heterocycles. The highest BCUT2D eigenvalue weighted by Crippen LogP contribution is 2.11. The van der Waals surface area contributed by atoms with E-state index in [1.165, 1.54) is 0 Å². The summed E-state index contributed by atoms with van der Waals surface area (Å²) in [6, 6.07) is 3.73. The van der Waals surface area contributed by atoms with Gasteiger partial charge in [-0.25, -0.2) is 0 Å². The summed E-state index contributed by atoms with van der Waals surface area (Å²) in [5.74, 6) is 0. The van der Waals surface area contributed by atoms with E-state index in [0.29, 0.717) is 6.42 Å². The van der Waals surface area contributed by atoms with E-state index in [-0.39, 0.29) is 12.6 Å². The van der Waals surface area contributed by atoms with Gasteiger partial charge in [-0.3, -0.25) is 4.98 Å². The van der Waals surface area contributed by atoms with Crippen molar-refractivity contribution in [3.63, 3.8) is 0 Å². The average Bonchev–Trinajstić information content (AvgIpc) is 2.05. The van der Waals surface area contributed by atoms with Crippen molar-refractivity contribution in [1.29, 1.82) is 0 Å². The molecule has 3 heteroatoms. The molecule has 0 bridgehead atoms. The Morgan fingerprint density at radius 3 is 3.00 bits per heavy atom. The minimum absolute atomic E-state index is 0.108. The van der Waals surface area contributed by atoms with Gasteiger partial charge in [-0.1, -0.05) is 0 Å². The molecule has 1 aromatic rings. The lowest BCUT2D eigenvalue weighted by atomic mass is 10.1. The molecule has 0 saturated carbocycles. The Morgan fingerprint density at radius 2 is 2.42 bits per heavy atom. The summed E-state index contributed by atoms with van der Waals surface area (Å²) in [4.78, 5) is 4.12. The zero-order chi connectivity index (χ0) is 8.97. The number of pyridine rings is 1. The molecule has 0 aliphatic heterocycles. The van der Waals surface area contributed by atoms with Crippen molar-refractivity contribution in [3.05, 3.63) is 29.6 Å². The molecule has 1 atom stereocenters. The maximum Gasteiger partial charge on any atom is 0.0574 e. The molecule has 0 saturated heterocycles. The monoisotopic (exact) mass is 166 g/mol. The Labute approximate surface area is 72.2 Å². The van der Waals surface area contributed by atoms with Crippen LogP contribution in [0.2, 0.25) is 0 Å². The van der Waals surface area contributed by atoms with E-state index in [1.54, 1.807) is 6.20 Å². The Morgan fingerprint density at radius 1 is 1.67 bits per heavy atom. The number of aryl methyl sites for hydroxylation is 1. The highest BCUT2D eigenvalue weighted by atomic mass is 16.3. The smallest absolute Gasteiger partial charge is 0.0574 e. The Hall–Kier alpha value is -0.930. The van der Waals surface area contributed by atoms with Crippen molar-refractivity contribution < 1.29 is 5.11 Å². The second kappa shape index (κ2) is 4.18. The van der Waals surface area contributed by atoms with Crippen molar-refractivity contribution in [1.82, 2.24) is 4.98 Å². The van der Waals surface area contributed by atoms with Crippen LogP contribution in [0.1, 0.15) is 23.7 Å². The third-order valence-electron chi connectivity index (χ3n) is 1.76. The Kier molecular flexibility index (Phi) is 3.19. The molecule has 1 heterocycles. The van der Waals surface area contributed by atoms with Gasteiger partial charge in [0.2, 0.25) is 0 Å². The molecule has 0 radical (unpaired) electrons. The van der Waals surface area contributed by atoms with Gasteiger partial charge in [0, 0.05) is 18.8 Å². The van der Waals surface area contributed by atoms with Crippen LogP contribution in [-0.2, 0) is 0 Å². The van der Waals surface area contributed by atoms with Gasteiger partial charge >= 0.3 is 0 Å². The summed E-state index contributed by atoms with van der Waals surface area (Å²) >= 11 is 0. The van der Waals surface area contributed by atoms with Crippen LogP contribution in [0.4, 0.5) is 0 Å².